The van der Waals surface area contributed by atoms with Crippen molar-refractivity contribution in [3.05, 3.63) is 53.0 Å². The van der Waals surface area contributed by atoms with Gasteiger partial charge < -0.3 is 5.32 Å². The lowest BCUT2D eigenvalue weighted by molar-refractivity contribution is -0.113. The molecule has 0 saturated carbocycles. The van der Waals surface area contributed by atoms with Crippen molar-refractivity contribution in [3.63, 3.8) is 0 Å². The van der Waals surface area contributed by atoms with Crippen LogP contribution >= 0.6 is 23.1 Å². The zero-order valence-electron chi connectivity index (χ0n) is 17.7. The third-order valence-electron chi connectivity index (χ3n) is 5.07. The van der Waals surface area contributed by atoms with Gasteiger partial charge in [0.15, 0.2) is 0 Å². The standard InChI is InChI=1S/C22H24N4O3S3/c1-16-24-20(14-30-16)17-6-5-7-18(12-17)25-21(27)15-31-22-9-8-19(13-23-22)32(28,29)26-10-3-2-4-11-26/h5-9,12-14H,2-4,10-11,15H2,1H3,(H,25,27). The second-order valence-corrected chi connectivity index (χ2v) is 11.5. The van der Waals surface area contributed by atoms with E-state index in [9.17, 15) is 13.2 Å². The predicted octanol–water partition coefficient (Wildman–Crippen LogP) is 4.42. The second kappa shape index (κ2) is 10.1. The number of hydrogen-bond donors (Lipinski definition) is 1. The van der Waals surface area contributed by atoms with Crippen LogP contribution < -0.4 is 5.32 Å². The van der Waals surface area contributed by atoms with Gasteiger partial charge in [0.2, 0.25) is 15.9 Å². The molecule has 168 valence electrons. The zero-order chi connectivity index (χ0) is 22.6. The molecule has 1 N–H and O–H groups in total. The number of amides is 1. The van der Waals surface area contributed by atoms with Crippen LogP contribution in [0.3, 0.4) is 0 Å². The molecule has 1 saturated heterocycles. The highest BCUT2D eigenvalue weighted by Gasteiger charge is 2.26. The molecular formula is C22H24N4O3S3. The highest BCUT2D eigenvalue weighted by atomic mass is 32.2. The summed E-state index contributed by atoms with van der Waals surface area (Å²) >= 11 is 2.85. The maximum Gasteiger partial charge on any atom is 0.244 e. The van der Waals surface area contributed by atoms with Crippen molar-refractivity contribution in [3.8, 4) is 11.3 Å². The molecule has 1 aliphatic heterocycles. The Bertz CT molecular complexity index is 1190. The van der Waals surface area contributed by atoms with Gasteiger partial charge in [-0.1, -0.05) is 30.3 Å². The molecule has 1 aliphatic rings. The summed E-state index contributed by atoms with van der Waals surface area (Å²) in [6.45, 7) is 3.07. The van der Waals surface area contributed by atoms with Gasteiger partial charge in [0.1, 0.15) is 4.90 Å². The number of benzene rings is 1. The van der Waals surface area contributed by atoms with Gasteiger partial charge in [0.25, 0.3) is 0 Å². The highest BCUT2D eigenvalue weighted by molar-refractivity contribution is 7.99. The first kappa shape index (κ1) is 22.9. The molecule has 0 atom stereocenters. The Balaban J connectivity index is 1.33. The number of anilines is 1. The molecule has 0 bridgehead atoms. The fourth-order valence-corrected chi connectivity index (χ4v) is 6.18. The Morgan fingerprint density at radius 2 is 2.00 bits per heavy atom. The van der Waals surface area contributed by atoms with Crippen LogP contribution in [0.2, 0.25) is 0 Å². The Labute approximate surface area is 196 Å². The average Bonchev–Trinajstić information content (AvgIpc) is 3.25. The summed E-state index contributed by atoms with van der Waals surface area (Å²) in [4.78, 5) is 21.3. The van der Waals surface area contributed by atoms with Crippen molar-refractivity contribution in [2.75, 3.05) is 24.2 Å². The quantitative estimate of drug-likeness (QED) is 0.495. The van der Waals surface area contributed by atoms with Crippen molar-refractivity contribution in [1.29, 1.82) is 0 Å². The number of nitrogens with one attached hydrogen (secondary N) is 1. The summed E-state index contributed by atoms with van der Waals surface area (Å²) in [5, 5.41) is 6.48. The Hall–Kier alpha value is -2.27. The van der Waals surface area contributed by atoms with E-state index in [1.54, 1.807) is 23.5 Å². The minimum absolute atomic E-state index is 0.159. The van der Waals surface area contributed by atoms with Crippen LogP contribution in [0.15, 0.2) is 57.9 Å². The molecule has 1 amide bonds. The van der Waals surface area contributed by atoms with E-state index in [2.05, 4.69) is 15.3 Å². The van der Waals surface area contributed by atoms with Crippen LogP contribution in [-0.4, -0.2) is 47.4 Å². The molecule has 4 rings (SSSR count). The maximum atomic E-state index is 12.7. The number of sulfonamides is 1. The number of thiazole rings is 1. The molecule has 0 aliphatic carbocycles. The van der Waals surface area contributed by atoms with E-state index in [-0.39, 0.29) is 16.6 Å². The van der Waals surface area contributed by atoms with Crippen LogP contribution in [0.5, 0.6) is 0 Å². The van der Waals surface area contributed by atoms with E-state index in [4.69, 9.17) is 0 Å². The minimum atomic E-state index is -3.50. The summed E-state index contributed by atoms with van der Waals surface area (Å²) in [5.74, 6) is 0.0130. The fraction of sp³-hybridized carbons (Fsp3) is 0.318. The minimum Gasteiger partial charge on any atom is -0.325 e. The normalized spacial score (nSPS) is 14.9. The number of carbonyl (C=O) groups is 1. The number of rotatable bonds is 7. The number of aryl methyl sites for hydroxylation is 1. The van der Waals surface area contributed by atoms with E-state index in [0.717, 1.165) is 35.5 Å². The smallest absolute Gasteiger partial charge is 0.244 e. The summed E-state index contributed by atoms with van der Waals surface area (Å²) in [6, 6.07) is 10.8. The predicted molar refractivity (Wildman–Crippen MR) is 128 cm³/mol. The Morgan fingerprint density at radius 1 is 1.19 bits per heavy atom. The van der Waals surface area contributed by atoms with Crippen molar-refractivity contribution in [2.24, 2.45) is 0 Å². The van der Waals surface area contributed by atoms with E-state index in [1.807, 2.05) is 36.6 Å². The number of aromatic nitrogens is 2. The number of hydrogen-bond acceptors (Lipinski definition) is 7. The van der Waals surface area contributed by atoms with Crippen molar-refractivity contribution in [1.82, 2.24) is 14.3 Å². The number of thioether (sulfide) groups is 1. The Morgan fingerprint density at radius 3 is 2.69 bits per heavy atom. The fourth-order valence-electron chi connectivity index (χ4n) is 3.45. The van der Waals surface area contributed by atoms with Gasteiger partial charge in [-0.3, -0.25) is 4.79 Å². The monoisotopic (exact) mass is 488 g/mol. The third kappa shape index (κ3) is 5.55. The van der Waals surface area contributed by atoms with Crippen molar-refractivity contribution in [2.45, 2.75) is 36.1 Å². The van der Waals surface area contributed by atoms with Crippen LogP contribution in [0.25, 0.3) is 11.3 Å². The molecule has 2 aromatic heterocycles. The van der Waals surface area contributed by atoms with Gasteiger partial charge in [0.05, 0.1) is 21.5 Å². The van der Waals surface area contributed by atoms with Crippen LogP contribution in [0.1, 0.15) is 24.3 Å². The second-order valence-electron chi connectivity index (χ2n) is 7.47. The Kier molecular flexibility index (Phi) is 7.24. The molecule has 0 radical (unpaired) electrons. The molecule has 10 heteroatoms. The van der Waals surface area contributed by atoms with Gasteiger partial charge >= 0.3 is 0 Å². The first-order chi connectivity index (χ1) is 15.4. The molecule has 3 aromatic rings. The van der Waals surface area contributed by atoms with Gasteiger partial charge in [0, 0.05) is 35.9 Å². The molecule has 0 unspecified atom stereocenters. The lowest BCUT2D eigenvalue weighted by Gasteiger charge is -2.25. The third-order valence-corrected chi connectivity index (χ3v) is 8.67. The summed E-state index contributed by atoms with van der Waals surface area (Å²) in [6.07, 6.45) is 4.23. The molecule has 1 fully saturated rings. The van der Waals surface area contributed by atoms with Gasteiger partial charge in [-0.15, -0.1) is 11.3 Å². The lowest BCUT2D eigenvalue weighted by Crippen LogP contribution is -2.35. The SMILES string of the molecule is Cc1nc(-c2cccc(NC(=O)CSc3ccc(S(=O)(=O)N4CCCCC4)cn3)c2)cs1. The largest absolute Gasteiger partial charge is 0.325 e. The molecule has 1 aromatic carbocycles. The number of piperidine rings is 1. The summed E-state index contributed by atoms with van der Waals surface area (Å²) < 4.78 is 26.9. The van der Waals surface area contributed by atoms with Crippen molar-refractivity contribution < 1.29 is 13.2 Å². The van der Waals surface area contributed by atoms with E-state index in [1.165, 1.54) is 22.3 Å². The topological polar surface area (TPSA) is 92.3 Å². The van der Waals surface area contributed by atoms with Gasteiger partial charge in [-0.05, 0) is 44.0 Å². The van der Waals surface area contributed by atoms with Crippen LogP contribution in [0, 0.1) is 6.92 Å². The first-order valence-electron chi connectivity index (χ1n) is 10.3. The highest BCUT2D eigenvalue weighted by Crippen LogP contribution is 2.25. The van der Waals surface area contributed by atoms with Crippen molar-refractivity contribution >= 4 is 44.7 Å². The molecular weight excluding hydrogens is 464 g/mol. The first-order valence-corrected chi connectivity index (χ1v) is 13.6. The van der Waals surface area contributed by atoms with E-state index in [0.29, 0.717) is 23.8 Å². The summed E-state index contributed by atoms with van der Waals surface area (Å²) in [5.41, 5.74) is 2.54. The molecule has 7 nitrogen and oxygen atoms in total. The van der Waals surface area contributed by atoms with Crippen LogP contribution in [-0.2, 0) is 14.8 Å². The number of pyridine rings is 1. The maximum absolute atomic E-state index is 12.7. The molecule has 32 heavy (non-hydrogen) atoms. The van der Waals surface area contributed by atoms with Gasteiger partial charge in [-0.25, -0.2) is 18.4 Å². The summed E-state index contributed by atoms with van der Waals surface area (Å²) in [7, 11) is -3.50. The van der Waals surface area contributed by atoms with E-state index >= 15 is 0 Å². The number of carbonyl (C=O) groups excluding carboxylic acids is 1. The van der Waals surface area contributed by atoms with Crippen LogP contribution in [0.4, 0.5) is 5.69 Å². The van der Waals surface area contributed by atoms with E-state index < -0.39 is 10.0 Å². The number of nitrogens with zero attached hydrogens (tertiary/aromatic N) is 3. The molecule has 3 heterocycles. The average molecular weight is 489 g/mol. The lowest BCUT2D eigenvalue weighted by atomic mass is 10.1. The molecule has 0 spiro atoms. The van der Waals surface area contributed by atoms with Gasteiger partial charge in [-0.2, -0.15) is 4.31 Å². The zero-order valence-corrected chi connectivity index (χ0v) is 20.1.